The van der Waals surface area contributed by atoms with Crippen LogP contribution in [-0.2, 0) is 27.2 Å². The smallest absolute Gasteiger partial charge is 0.491 e. The van der Waals surface area contributed by atoms with Crippen LogP contribution in [0.1, 0.15) is 23.1 Å². The lowest BCUT2D eigenvalue weighted by atomic mass is 10.1. The van der Waals surface area contributed by atoms with Crippen LogP contribution in [0, 0.1) is 6.92 Å². The number of hydrogen-bond donors (Lipinski definition) is 1. The first kappa shape index (κ1) is 23.4. The Morgan fingerprint density at radius 3 is 2.50 bits per heavy atom. The highest BCUT2D eigenvalue weighted by Crippen LogP contribution is 2.17. The lowest BCUT2D eigenvalue weighted by Gasteiger charge is -2.10. The molecule has 0 amide bonds. The maximum absolute atomic E-state index is 12.0. The second-order valence-corrected chi connectivity index (χ2v) is 6.68. The minimum absolute atomic E-state index is 0.108. The Hall–Kier alpha value is -2.87. The molecule has 8 heteroatoms. The van der Waals surface area contributed by atoms with Gasteiger partial charge in [-0.05, 0) is 48.7 Å². The van der Waals surface area contributed by atoms with E-state index in [-0.39, 0.29) is 13.0 Å². The van der Waals surface area contributed by atoms with Crippen molar-refractivity contribution in [1.29, 1.82) is 0 Å². The lowest BCUT2D eigenvalue weighted by Crippen LogP contribution is -2.29. The zero-order chi connectivity index (χ0) is 22.0. The molecule has 0 spiro atoms. The summed E-state index contributed by atoms with van der Waals surface area (Å²) in [4.78, 5) is 21.8. The number of carbonyl (C=O) groups excluding carboxylic acids is 2. The fourth-order valence-electron chi connectivity index (χ4n) is 2.72. The van der Waals surface area contributed by atoms with Crippen molar-refractivity contribution in [2.45, 2.75) is 32.4 Å². The van der Waals surface area contributed by atoms with Crippen LogP contribution < -0.4 is 10.1 Å². The Morgan fingerprint density at radius 1 is 1.00 bits per heavy atom. The molecule has 0 heterocycles. The topological polar surface area (TPSA) is 64.6 Å². The van der Waals surface area contributed by atoms with E-state index in [0.29, 0.717) is 19.6 Å². The summed E-state index contributed by atoms with van der Waals surface area (Å²) in [7, 11) is 0. The van der Waals surface area contributed by atoms with Crippen LogP contribution in [0.15, 0.2) is 48.5 Å². The van der Waals surface area contributed by atoms with Crippen molar-refractivity contribution in [2.24, 2.45) is 0 Å². The quantitative estimate of drug-likeness (QED) is 0.358. The van der Waals surface area contributed by atoms with Crippen LogP contribution in [0.3, 0.4) is 0 Å². The fourth-order valence-corrected chi connectivity index (χ4v) is 2.72. The molecule has 30 heavy (non-hydrogen) atoms. The number of esters is 2. The molecule has 1 N–H and O–H groups in total. The zero-order valence-electron chi connectivity index (χ0n) is 16.6. The number of ether oxygens (including phenoxy) is 2. The third-order valence-corrected chi connectivity index (χ3v) is 4.33. The summed E-state index contributed by atoms with van der Waals surface area (Å²) in [5.41, 5.74) is 3.49. The number of halogens is 3. The van der Waals surface area contributed by atoms with Crippen LogP contribution in [-0.4, -0.2) is 37.8 Å². The highest BCUT2D eigenvalue weighted by Gasteiger charge is 2.42. The van der Waals surface area contributed by atoms with E-state index < -0.39 is 18.1 Å². The van der Waals surface area contributed by atoms with E-state index in [1.54, 1.807) is 0 Å². The van der Waals surface area contributed by atoms with E-state index in [9.17, 15) is 22.8 Å². The van der Waals surface area contributed by atoms with Gasteiger partial charge >= 0.3 is 18.1 Å². The van der Waals surface area contributed by atoms with Crippen molar-refractivity contribution in [3.8, 4) is 5.75 Å². The maximum Gasteiger partial charge on any atom is 0.491 e. The zero-order valence-corrected chi connectivity index (χ0v) is 16.6. The van der Waals surface area contributed by atoms with Crippen molar-refractivity contribution in [3.63, 3.8) is 0 Å². The number of nitrogens with one attached hydrogen (secondary N) is 1. The predicted molar refractivity (Wildman–Crippen MR) is 105 cm³/mol. The van der Waals surface area contributed by atoms with Gasteiger partial charge in [-0.25, -0.2) is 4.79 Å². The standard InChI is InChI=1S/C22H24F3NO4/c1-16-5-2-3-7-18(16)11-14-29-19-8-4-6-17(15-19)9-12-26-13-10-20(27)30-21(28)22(23,24)25/h2-8,15,26H,9-14H2,1H3. The molecule has 0 radical (unpaired) electrons. The molecular formula is C22H24F3NO4. The van der Waals surface area contributed by atoms with E-state index >= 15 is 0 Å². The highest BCUT2D eigenvalue weighted by molar-refractivity contribution is 5.88. The fraction of sp³-hybridized carbons (Fsp3) is 0.364. The van der Waals surface area contributed by atoms with Gasteiger partial charge in [0.25, 0.3) is 0 Å². The molecule has 0 atom stereocenters. The van der Waals surface area contributed by atoms with Crippen molar-refractivity contribution in [3.05, 3.63) is 65.2 Å². The molecule has 0 bridgehead atoms. The van der Waals surface area contributed by atoms with Crippen molar-refractivity contribution in [2.75, 3.05) is 19.7 Å². The van der Waals surface area contributed by atoms with Gasteiger partial charge in [-0.2, -0.15) is 13.2 Å². The molecule has 162 valence electrons. The Balaban J connectivity index is 1.66. The van der Waals surface area contributed by atoms with Crippen molar-refractivity contribution < 1.29 is 32.2 Å². The monoisotopic (exact) mass is 423 g/mol. The average molecular weight is 423 g/mol. The number of carbonyl (C=O) groups is 2. The van der Waals surface area contributed by atoms with Crippen LogP contribution in [0.2, 0.25) is 0 Å². The summed E-state index contributed by atoms with van der Waals surface area (Å²) >= 11 is 0. The van der Waals surface area contributed by atoms with Gasteiger partial charge in [-0.3, -0.25) is 4.79 Å². The first-order valence-electron chi connectivity index (χ1n) is 9.54. The van der Waals surface area contributed by atoms with Gasteiger partial charge < -0.3 is 14.8 Å². The van der Waals surface area contributed by atoms with E-state index in [4.69, 9.17) is 4.74 Å². The molecule has 2 rings (SSSR count). The van der Waals surface area contributed by atoms with Gasteiger partial charge in [0.1, 0.15) is 5.75 Å². The summed E-state index contributed by atoms with van der Waals surface area (Å²) < 4.78 is 45.5. The van der Waals surface area contributed by atoms with Crippen molar-refractivity contribution in [1.82, 2.24) is 5.32 Å². The van der Waals surface area contributed by atoms with Gasteiger partial charge in [-0.15, -0.1) is 0 Å². The predicted octanol–water partition coefficient (Wildman–Crippen LogP) is 3.77. The van der Waals surface area contributed by atoms with Gasteiger partial charge in [0, 0.05) is 13.0 Å². The minimum atomic E-state index is -5.17. The van der Waals surface area contributed by atoms with Gasteiger partial charge in [0.05, 0.1) is 13.0 Å². The van der Waals surface area contributed by atoms with E-state index in [1.807, 2.05) is 36.4 Å². The molecule has 0 fully saturated rings. The summed E-state index contributed by atoms with van der Waals surface area (Å²) in [6.45, 7) is 3.24. The number of rotatable bonds is 10. The molecule has 0 aliphatic heterocycles. The summed E-state index contributed by atoms with van der Waals surface area (Å²) in [6.07, 6.45) is -4.04. The van der Waals surface area contributed by atoms with Crippen LogP contribution >= 0.6 is 0 Å². The molecular weight excluding hydrogens is 399 g/mol. The van der Waals surface area contributed by atoms with Crippen LogP contribution in [0.5, 0.6) is 5.75 Å². The lowest BCUT2D eigenvalue weighted by molar-refractivity contribution is -0.201. The van der Waals surface area contributed by atoms with E-state index in [1.165, 1.54) is 11.1 Å². The number of benzene rings is 2. The Bertz CT molecular complexity index is 852. The second kappa shape index (κ2) is 11.3. The first-order valence-corrected chi connectivity index (χ1v) is 9.54. The van der Waals surface area contributed by atoms with Gasteiger partial charge in [0.15, 0.2) is 0 Å². The Morgan fingerprint density at radius 2 is 1.77 bits per heavy atom. The maximum atomic E-state index is 12.0. The van der Waals surface area contributed by atoms with E-state index in [0.717, 1.165) is 17.7 Å². The number of hydrogen-bond acceptors (Lipinski definition) is 5. The molecule has 5 nitrogen and oxygen atoms in total. The SMILES string of the molecule is Cc1ccccc1CCOc1cccc(CCNCCC(=O)OC(=O)C(F)(F)F)c1. The molecule has 2 aromatic carbocycles. The third kappa shape index (κ3) is 8.24. The van der Waals surface area contributed by atoms with Crippen LogP contribution in [0.25, 0.3) is 0 Å². The Labute approximate surface area is 173 Å². The summed E-state index contributed by atoms with van der Waals surface area (Å²) in [5.74, 6) is -2.95. The second-order valence-electron chi connectivity index (χ2n) is 6.68. The highest BCUT2D eigenvalue weighted by atomic mass is 19.4. The van der Waals surface area contributed by atoms with Gasteiger partial charge in [0.2, 0.25) is 0 Å². The van der Waals surface area contributed by atoms with E-state index in [2.05, 4.69) is 29.1 Å². The average Bonchev–Trinajstić information content (AvgIpc) is 2.69. The normalized spacial score (nSPS) is 11.2. The van der Waals surface area contributed by atoms with Gasteiger partial charge in [-0.1, -0.05) is 36.4 Å². The Kier molecular flexibility index (Phi) is 8.86. The summed E-state index contributed by atoms with van der Waals surface area (Å²) in [5, 5.41) is 2.93. The first-order chi connectivity index (χ1) is 14.3. The molecule has 0 saturated heterocycles. The third-order valence-electron chi connectivity index (χ3n) is 4.33. The minimum Gasteiger partial charge on any atom is -0.493 e. The molecule has 0 saturated carbocycles. The molecule has 0 aliphatic rings. The molecule has 0 unspecified atom stereocenters. The number of aryl methyl sites for hydroxylation is 1. The molecule has 2 aromatic rings. The number of alkyl halides is 3. The van der Waals surface area contributed by atoms with Crippen LogP contribution in [0.4, 0.5) is 13.2 Å². The largest absolute Gasteiger partial charge is 0.493 e. The van der Waals surface area contributed by atoms with Crippen molar-refractivity contribution >= 4 is 11.9 Å². The summed E-state index contributed by atoms with van der Waals surface area (Å²) in [6, 6.07) is 15.8. The molecule has 0 aliphatic carbocycles. The molecule has 0 aromatic heterocycles.